The van der Waals surface area contributed by atoms with Gasteiger partial charge < -0.3 is 16.2 Å². The van der Waals surface area contributed by atoms with Crippen molar-refractivity contribution in [1.29, 1.82) is 0 Å². The molecule has 2 rings (SSSR count). The van der Waals surface area contributed by atoms with Gasteiger partial charge in [-0.05, 0) is 12.1 Å². The molecule has 0 amide bonds. The van der Waals surface area contributed by atoms with Gasteiger partial charge in [-0.25, -0.2) is 0 Å². The second kappa shape index (κ2) is 2.05. The molecule has 0 spiro atoms. The minimum absolute atomic E-state index is 0.687. The Morgan fingerprint density at radius 2 is 1.91 bits per heavy atom. The highest BCUT2D eigenvalue weighted by molar-refractivity contribution is 5.67. The van der Waals surface area contributed by atoms with Crippen LogP contribution in [0, 0.1) is 0 Å². The van der Waals surface area contributed by atoms with Crippen molar-refractivity contribution in [1.82, 2.24) is 0 Å². The van der Waals surface area contributed by atoms with Crippen molar-refractivity contribution >= 4 is 11.4 Å². The Balaban J connectivity index is 2.64. The summed E-state index contributed by atoms with van der Waals surface area (Å²) in [7, 11) is 0. The zero-order valence-electron chi connectivity index (χ0n) is 6.13. The Kier molecular flexibility index (Phi) is 1.18. The molecule has 3 nitrogen and oxygen atoms in total. The van der Waals surface area contributed by atoms with Gasteiger partial charge in [0.1, 0.15) is 5.75 Å². The zero-order chi connectivity index (χ0) is 7.84. The topological polar surface area (TPSA) is 61.3 Å². The molecule has 0 radical (unpaired) electrons. The first-order valence-corrected chi connectivity index (χ1v) is 3.58. The van der Waals surface area contributed by atoms with Gasteiger partial charge in [0, 0.05) is 17.7 Å². The number of rotatable bonds is 0. The fourth-order valence-corrected chi connectivity index (χ4v) is 1.34. The molecule has 1 heterocycles. The highest BCUT2D eigenvalue weighted by atomic mass is 16.5. The van der Waals surface area contributed by atoms with Gasteiger partial charge in [0.15, 0.2) is 0 Å². The van der Waals surface area contributed by atoms with Crippen LogP contribution in [0.15, 0.2) is 12.1 Å². The number of nitrogen functional groups attached to an aromatic ring is 2. The van der Waals surface area contributed by atoms with Crippen LogP contribution < -0.4 is 16.2 Å². The highest BCUT2D eigenvalue weighted by Gasteiger charge is 2.16. The van der Waals surface area contributed by atoms with E-state index in [4.69, 9.17) is 16.2 Å². The average molecular weight is 150 g/mol. The normalized spacial score (nSPS) is 14.2. The van der Waals surface area contributed by atoms with Crippen molar-refractivity contribution in [3.8, 4) is 5.75 Å². The van der Waals surface area contributed by atoms with Crippen molar-refractivity contribution < 1.29 is 4.74 Å². The van der Waals surface area contributed by atoms with E-state index in [9.17, 15) is 0 Å². The van der Waals surface area contributed by atoms with E-state index >= 15 is 0 Å². The van der Waals surface area contributed by atoms with Gasteiger partial charge in [-0.1, -0.05) is 0 Å². The Morgan fingerprint density at radius 3 is 2.64 bits per heavy atom. The van der Waals surface area contributed by atoms with Crippen LogP contribution in [0.4, 0.5) is 11.4 Å². The summed E-state index contributed by atoms with van der Waals surface area (Å²) in [6.07, 6.45) is 0.881. The van der Waals surface area contributed by atoms with Gasteiger partial charge in [0.2, 0.25) is 0 Å². The third-order valence-corrected chi connectivity index (χ3v) is 1.93. The molecule has 1 aliphatic heterocycles. The fourth-order valence-electron chi connectivity index (χ4n) is 1.34. The number of hydrogen-bond acceptors (Lipinski definition) is 3. The molecule has 0 atom stereocenters. The maximum Gasteiger partial charge on any atom is 0.147 e. The van der Waals surface area contributed by atoms with Crippen LogP contribution in [-0.4, -0.2) is 6.61 Å². The second-order valence-electron chi connectivity index (χ2n) is 2.65. The summed E-state index contributed by atoms with van der Waals surface area (Å²) in [4.78, 5) is 0. The Hall–Kier alpha value is -1.38. The van der Waals surface area contributed by atoms with Crippen LogP contribution in [0.2, 0.25) is 0 Å². The largest absolute Gasteiger partial charge is 0.491 e. The average Bonchev–Trinajstić information content (AvgIpc) is 2.45. The molecule has 1 aromatic rings. The van der Waals surface area contributed by atoms with Crippen molar-refractivity contribution in [2.45, 2.75) is 6.42 Å². The van der Waals surface area contributed by atoms with Gasteiger partial charge in [0.25, 0.3) is 0 Å². The molecule has 0 aliphatic carbocycles. The summed E-state index contributed by atoms with van der Waals surface area (Å²) in [6, 6.07) is 3.60. The lowest BCUT2D eigenvalue weighted by Gasteiger charge is -2.04. The molecule has 0 bridgehead atoms. The lowest BCUT2D eigenvalue weighted by atomic mass is 10.1. The monoisotopic (exact) mass is 150 g/mol. The van der Waals surface area contributed by atoms with Crippen LogP contribution in [0.1, 0.15) is 5.56 Å². The molecule has 58 valence electrons. The molecule has 11 heavy (non-hydrogen) atoms. The molecule has 1 aliphatic rings. The SMILES string of the molecule is Nc1ccc(N)c2c1CCO2. The summed E-state index contributed by atoms with van der Waals surface area (Å²) >= 11 is 0. The maximum atomic E-state index is 5.71. The van der Waals surface area contributed by atoms with Crippen LogP contribution in [0.3, 0.4) is 0 Å². The summed E-state index contributed by atoms with van der Waals surface area (Å²) < 4.78 is 5.31. The fraction of sp³-hybridized carbons (Fsp3) is 0.250. The first-order chi connectivity index (χ1) is 5.29. The molecular weight excluding hydrogens is 140 g/mol. The van der Waals surface area contributed by atoms with Crippen molar-refractivity contribution in [2.75, 3.05) is 18.1 Å². The van der Waals surface area contributed by atoms with Gasteiger partial charge in [-0.3, -0.25) is 0 Å². The van der Waals surface area contributed by atoms with Gasteiger partial charge in [0.05, 0.1) is 12.3 Å². The number of anilines is 2. The molecule has 0 fully saturated rings. The molecule has 0 unspecified atom stereocenters. The maximum absolute atomic E-state index is 5.71. The number of hydrogen-bond donors (Lipinski definition) is 2. The second-order valence-corrected chi connectivity index (χ2v) is 2.65. The zero-order valence-corrected chi connectivity index (χ0v) is 6.13. The Morgan fingerprint density at radius 1 is 1.18 bits per heavy atom. The van der Waals surface area contributed by atoms with Gasteiger partial charge in [-0.2, -0.15) is 0 Å². The van der Waals surface area contributed by atoms with Crippen molar-refractivity contribution in [2.24, 2.45) is 0 Å². The van der Waals surface area contributed by atoms with Gasteiger partial charge in [-0.15, -0.1) is 0 Å². The summed E-state index contributed by atoms with van der Waals surface area (Å²) in [5.41, 5.74) is 13.9. The van der Waals surface area contributed by atoms with E-state index < -0.39 is 0 Å². The minimum Gasteiger partial charge on any atom is -0.491 e. The number of nitrogens with two attached hydrogens (primary N) is 2. The van der Waals surface area contributed by atoms with Crippen LogP contribution in [-0.2, 0) is 6.42 Å². The molecule has 1 aromatic carbocycles. The molecule has 4 N–H and O–H groups in total. The van der Waals surface area contributed by atoms with Crippen LogP contribution in [0.25, 0.3) is 0 Å². The lowest BCUT2D eigenvalue weighted by molar-refractivity contribution is 0.358. The summed E-state index contributed by atoms with van der Waals surface area (Å²) in [5.74, 6) is 0.782. The predicted molar refractivity (Wildman–Crippen MR) is 44.5 cm³/mol. The number of benzene rings is 1. The molecule has 3 heteroatoms. The Bertz CT molecular complexity index is 267. The van der Waals surface area contributed by atoms with Crippen LogP contribution >= 0.6 is 0 Å². The third kappa shape index (κ3) is 0.808. The summed E-state index contributed by atoms with van der Waals surface area (Å²) in [5, 5.41) is 0. The van der Waals surface area contributed by atoms with E-state index in [0.717, 1.165) is 23.4 Å². The van der Waals surface area contributed by atoms with E-state index in [1.165, 1.54) is 0 Å². The molecule has 0 aromatic heterocycles. The smallest absolute Gasteiger partial charge is 0.147 e. The number of fused-ring (bicyclic) bond motifs is 1. The van der Waals surface area contributed by atoms with E-state index in [-0.39, 0.29) is 0 Å². The first-order valence-electron chi connectivity index (χ1n) is 3.58. The molecular formula is C8H10N2O. The minimum atomic E-state index is 0.687. The standard InChI is InChI=1S/C8H10N2O/c9-6-1-2-7(10)8-5(6)3-4-11-8/h1-2H,3-4,9-10H2. The lowest BCUT2D eigenvalue weighted by Crippen LogP contribution is -1.94. The number of ether oxygens (including phenoxy) is 1. The third-order valence-electron chi connectivity index (χ3n) is 1.93. The van der Waals surface area contributed by atoms with E-state index in [1.54, 1.807) is 6.07 Å². The van der Waals surface area contributed by atoms with Crippen molar-refractivity contribution in [3.63, 3.8) is 0 Å². The molecule has 0 saturated carbocycles. The molecule has 0 saturated heterocycles. The quantitative estimate of drug-likeness (QED) is 0.537. The van der Waals surface area contributed by atoms with Crippen molar-refractivity contribution in [3.05, 3.63) is 17.7 Å². The van der Waals surface area contributed by atoms with E-state index in [2.05, 4.69) is 0 Å². The van der Waals surface area contributed by atoms with Crippen LogP contribution in [0.5, 0.6) is 5.75 Å². The Labute approximate surface area is 64.9 Å². The predicted octanol–water partition coefficient (Wildman–Crippen LogP) is 0.786. The first kappa shape index (κ1) is 6.34. The van der Waals surface area contributed by atoms with E-state index in [0.29, 0.717) is 12.3 Å². The van der Waals surface area contributed by atoms with E-state index in [1.807, 2.05) is 6.07 Å². The summed E-state index contributed by atoms with van der Waals surface area (Å²) in [6.45, 7) is 0.702. The van der Waals surface area contributed by atoms with Gasteiger partial charge >= 0.3 is 0 Å². The highest BCUT2D eigenvalue weighted by Crippen LogP contribution is 2.35.